The maximum absolute atomic E-state index is 14.4. The van der Waals surface area contributed by atoms with Crippen molar-refractivity contribution in [1.82, 2.24) is 20.6 Å². The third kappa shape index (κ3) is 6.53. The fourth-order valence-electron chi connectivity index (χ4n) is 2.67. The van der Waals surface area contributed by atoms with Gasteiger partial charge in [-0.2, -0.15) is 0 Å². The van der Waals surface area contributed by atoms with E-state index in [1.807, 2.05) is 6.92 Å². The van der Waals surface area contributed by atoms with Crippen molar-refractivity contribution in [3.05, 3.63) is 72.0 Å². The molecule has 0 fully saturated rings. The average molecular weight is 426 g/mol. The summed E-state index contributed by atoms with van der Waals surface area (Å²) in [4.78, 5) is 12.8. The molecule has 0 spiro atoms. The first-order valence-corrected chi connectivity index (χ1v) is 10.2. The number of guanidine groups is 1. The Kier molecular flexibility index (Phi) is 7.23. The molecule has 1 aromatic carbocycles. The summed E-state index contributed by atoms with van der Waals surface area (Å²) < 4.78 is 25.7. The standard InChI is InChI=1S/C23H28FN5O2/c1-5-26-22(29-15-21-27-14-20(31-21)23(2,3)4)28-12-16-8-9-19(18(24)11-16)30-17-7-6-10-25-13-17/h6-11,13-14H,5,12,15H2,1-4H3,(H2,26,28,29). The number of hydrogen-bond donors (Lipinski definition) is 2. The van der Waals surface area contributed by atoms with Crippen LogP contribution in [0.1, 0.15) is 44.9 Å². The Bertz CT molecular complexity index is 1010. The van der Waals surface area contributed by atoms with Crippen molar-refractivity contribution in [3.63, 3.8) is 0 Å². The highest BCUT2D eigenvalue weighted by molar-refractivity contribution is 5.79. The lowest BCUT2D eigenvalue weighted by molar-refractivity contribution is 0.379. The molecule has 31 heavy (non-hydrogen) atoms. The Hall–Kier alpha value is -3.42. The van der Waals surface area contributed by atoms with Crippen molar-refractivity contribution in [1.29, 1.82) is 0 Å². The van der Waals surface area contributed by atoms with Crippen LogP contribution in [0.2, 0.25) is 0 Å². The minimum absolute atomic E-state index is 0.0964. The van der Waals surface area contributed by atoms with Gasteiger partial charge in [0.05, 0.1) is 25.5 Å². The number of nitrogens with zero attached hydrogens (tertiary/aromatic N) is 3. The van der Waals surface area contributed by atoms with Crippen molar-refractivity contribution in [2.45, 2.75) is 46.2 Å². The quantitative estimate of drug-likeness (QED) is 0.427. The van der Waals surface area contributed by atoms with Crippen molar-refractivity contribution in [2.24, 2.45) is 4.99 Å². The van der Waals surface area contributed by atoms with Gasteiger partial charge in [0.15, 0.2) is 17.5 Å². The Labute approximate surface area is 181 Å². The van der Waals surface area contributed by atoms with E-state index in [1.54, 1.807) is 36.7 Å². The van der Waals surface area contributed by atoms with Crippen LogP contribution in [0.25, 0.3) is 0 Å². The van der Waals surface area contributed by atoms with Crippen molar-refractivity contribution in [2.75, 3.05) is 6.54 Å². The van der Waals surface area contributed by atoms with E-state index >= 15 is 0 Å². The number of aromatic nitrogens is 2. The smallest absolute Gasteiger partial charge is 0.213 e. The predicted molar refractivity (Wildman–Crippen MR) is 118 cm³/mol. The van der Waals surface area contributed by atoms with Gasteiger partial charge in [0, 0.05) is 18.2 Å². The van der Waals surface area contributed by atoms with Gasteiger partial charge in [0.25, 0.3) is 0 Å². The lowest BCUT2D eigenvalue weighted by Gasteiger charge is -2.13. The molecule has 3 rings (SSSR count). The number of ether oxygens (including phenoxy) is 1. The zero-order chi connectivity index (χ0) is 22.3. The number of oxazole rings is 1. The van der Waals surface area contributed by atoms with Gasteiger partial charge in [-0.15, -0.1) is 0 Å². The zero-order valence-electron chi connectivity index (χ0n) is 18.3. The molecule has 0 aliphatic heterocycles. The third-order valence-electron chi connectivity index (χ3n) is 4.32. The Morgan fingerprint density at radius 2 is 2.03 bits per heavy atom. The number of aliphatic imine (C=N–C) groups is 1. The van der Waals surface area contributed by atoms with Crippen molar-refractivity contribution < 1.29 is 13.5 Å². The van der Waals surface area contributed by atoms with Gasteiger partial charge in [-0.1, -0.05) is 26.8 Å². The molecular weight excluding hydrogens is 397 g/mol. The van der Waals surface area contributed by atoms with Crippen LogP contribution in [0, 0.1) is 5.82 Å². The maximum Gasteiger partial charge on any atom is 0.213 e. The average Bonchev–Trinajstić information content (AvgIpc) is 3.22. The summed E-state index contributed by atoms with van der Waals surface area (Å²) in [6.45, 7) is 9.58. The van der Waals surface area contributed by atoms with E-state index in [0.29, 0.717) is 37.2 Å². The molecule has 0 unspecified atom stereocenters. The van der Waals surface area contributed by atoms with Gasteiger partial charge in [-0.3, -0.25) is 4.98 Å². The molecule has 7 nitrogen and oxygen atoms in total. The van der Waals surface area contributed by atoms with E-state index in [-0.39, 0.29) is 11.2 Å². The van der Waals surface area contributed by atoms with Crippen LogP contribution in [0.3, 0.4) is 0 Å². The molecule has 0 saturated heterocycles. The molecule has 8 heteroatoms. The van der Waals surface area contributed by atoms with Crippen LogP contribution in [-0.2, 0) is 18.5 Å². The fourth-order valence-corrected chi connectivity index (χ4v) is 2.67. The van der Waals surface area contributed by atoms with Crippen LogP contribution < -0.4 is 15.4 Å². The second kappa shape index (κ2) is 10.1. The summed E-state index contributed by atoms with van der Waals surface area (Å²) in [6.07, 6.45) is 4.91. The molecular formula is C23H28FN5O2. The number of rotatable bonds is 7. The van der Waals surface area contributed by atoms with Crippen LogP contribution in [-0.4, -0.2) is 22.5 Å². The van der Waals surface area contributed by atoms with E-state index in [4.69, 9.17) is 9.15 Å². The number of benzene rings is 1. The molecule has 2 aromatic heterocycles. The van der Waals surface area contributed by atoms with Crippen LogP contribution in [0.15, 0.2) is 58.3 Å². The molecule has 3 aromatic rings. The van der Waals surface area contributed by atoms with Crippen LogP contribution in [0.4, 0.5) is 4.39 Å². The number of hydrogen-bond acceptors (Lipinski definition) is 5. The summed E-state index contributed by atoms with van der Waals surface area (Å²) in [5.41, 5.74) is 0.625. The third-order valence-corrected chi connectivity index (χ3v) is 4.32. The molecule has 0 radical (unpaired) electrons. The summed E-state index contributed by atoms with van der Waals surface area (Å²) >= 11 is 0. The van der Waals surface area contributed by atoms with Gasteiger partial charge < -0.3 is 19.8 Å². The minimum Gasteiger partial charge on any atom is -0.453 e. The molecule has 0 saturated carbocycles. The molecule has 0 aliphatic carbocycles. The van der Waals surface area contributed by atoms with E-state index in [0.717, 1.165) is 11.3 Å². The van der Waals surface area contributed by atoms with Gasteiger partial charge in [-0.25, -0.2) is 14.4 Å². The molecule has 2 N–H and O–H groups in total. The van der Waals surface area contributed by atoms with Crippen LogP contribution in [0.5, 0.6) is 11.5 Å². The van der Waals surface area contributed by atoms with Gasteiger partial charge in [0.2, 0.25) is 5.89 Å². The Morgan fingerprint density at radius 1 is 1.19 bits per heavy atom. The largest absolute Gasteiger partial charge is 0.453 e. The number of nitrogens with one attached hydrogen (secondary N) is 2. The second-order valence-corrected chi connectivity index (χ2v) is 7.97. The first kappa shape index (κ1) is 22.3. The second-order valence-electron chi connectivity index (χ2n) is 7.97. The highest BCUT2D eigenvalue weighted by Gasteiger charge is 2.19. The summed E-state index contributed by atoms with van der Waals surface area (Å²) in [6, 6.07) is 8.24. The molecule has 164 valence electrons. The molecule has 0 atom stereocenters. The Balaban J connectivity index is 1.62. The van der Waals surface area contributed by atoms with Gasteiger partial charge in [-0.05, 0) is 36.8 Å². The molecule has 0 bridgehead atoms. The normalized spacial score (nSPS) is 12.0. The zero-order valence-corrected chi connectivity index (χ0v) is 18.3. The lowest BCUT2D eigenvalue weighted by atomic mass is 9.94. The Morgan fingerprint density at radius 3 is 2.68 bits per heavy atom. The monoisotopic (exact) mass is 425 g/mol. The maximum atomic E-state index is 14.4. The SMILES string of the molecule is CCNC(=NCc1ccc(Oc2cccnc2)c(F)c1)NCc1ncc(C(C)(C)C)o1. The van der Waals surface area contributed by atoms with E-state index < -0.39 is 5.82 Å². The van der Waals surface area contributed by atoms with Gasteiger partial charge >= 0.3 is 0 Å². The van der Waals surface area contributed by atoms with Crippen molar-refractivity contribution in [3.8, 4) is 11.5 Å². The molecule has 0 amide bonds. The first-order valence-electron chi connectivity index (χ1n) is 10.2. The molecule has 0 aliphatic rings. The summed E-state index contributed by atoms with van der Waals surface area (Å²) in [5.74, 6) is 2.17. The van der Waals surface area contributed by atoms with Crippen molar-refractivity contribution >= 4 is 5.96 Å². The topological polar surface area (TPSA) is 84.6 Å². The number of pyridine rings is 1. The highest BCUT2D eigenvalue weighted by atomic mass is 19.1. The summed E-state index contributed by atoms with van der Waals surface area (Å²) in [5, 5.41) is 6.35. The predicted octanol–water partition coefficient (Wildman–Crippen LogP) is 4.55. The van der Waals surface area contributed by atoms with E-state index in [9.17, 15) is 4.39 Å². The van der Waals surface area contributed by atoms with Gasteiger partial charge in [0.1, 0.15) is 11.5 Å². The lowest BCUT2D eigenvalue weighted by Crippen LogP contribution is -2.36. The first-order chi connectivity index (χ1) is 14.8. The number of halogens is 1. The highest BCUT2D eigenvalue weighted by Crippen LogP contribution is 2.25. The van der Waals surface area contributed by atoms with Crippen LogP contribution >= 0.6 is 0 Å². The van der Waals surface area contributed by atoms with E-state index in [2.05, 4.69) is 46.4 Å². The fraction of sp³-hybridized carbons (Fsp3) is 0.348. The molecule has 2 heterocycles. The van der Waals surface area contributed by atoms with E-state index in [1.165, 1.54) is 12.3 Å². The minimum atomic E-state index is -0.455. The summed E-state index contributed by atoms with van der Waals surface area (Å²) in [7, 11) is 0.